The molecule has 0 amide bonds. The molecule has 0 fully saturated rings. The van der Waals surface area contributed by atoms with Crippen LogP contribution in [0.25, 0.3) is 5.70 Å². The molecule has 0 radical (unpaired) electrons. The Morgan fingerprint density at radius 1 is 1.04 bits per heavy atom. The molecule has 4 nitrogen and oxygen atoms in total. The first-order valence-corrected chi connectivity index (χ1v) is 7.96. The Bertz CT molecular complexity index is 719. The predicted molar refractivity (Wildman–Crippen MR) is 101 cm³/mol. The van der Waals surface area contributed by atoms with Crippen LogP contribution in [0.15, 0.2) is 76.8 Å². The van der Waals surface area contributed by atoms with Gasteiger partial charge in [0.1, 0.15) is 5.84 Å². The molecule has 0 saturated carbocycles. The fraction of sp³-hybridized carbons (Fsp3) is 0.200. The third-order valence-electron chi connectivity index (χ3n) is 3.44. The number of hydrogen-bond acceptors (Lipinski definition) is 3. The molecule has 24 heavy (non-hydrogen) atoms. The summed E-state index contributed by atoms with van der Waals surface area (Å²) in [7, 11) is 0. The summed E-state index contributed by atoms with van der Waals surface area (Å²) in [6.07, 6.45) is 2.56. The first kappa shape index (κ1) is 17.6. The zero-order valence-corrected chi connectivity index (χ0v) is 14.1. The largest absolute Gasteiger partial charge is 0.390 e. The predicted octanol–water partition coefficient (Wildman–Crippen LogP) is 3.65. The minimum absolute atomic E-state index is 0.0929. The molecule has 0 aliphatic carbocycles. The quantitative estimate of drug-likeness (QED) is 0.485. The molecule has 0 aliphatic heterocycles. The molecule has 2 aromatic rings. The van der Waals surface area contributed by atoms with Crippen molar-refractivity contribution in [3.8, 4) is 0 Å². The van der Waals surface area contributed by atoms with Crippen molar-refractivity contribution in [2.75, 3.05) is 6.61 Å². The zero-order valence-electron chi connectivity index (χ0n) is 14.1. The van der Waals surface area contributed by atoms with Gasteiger partial charge in [0.15, 0.2) is 0 Å². The van der Waals surface area contributed by atoms with Crippen molar-refractivity contribution in [1.82, 2.24) is 5.43 Å². The van der Waals surface area contributed by atoms with Crippen molar-refractivity contribution in [2.45, 2.75) is 20.3 Å². The summed E-state index contributed by atoms with van der Waals surface area (Å²) >= 11 is 0. The van der Waals surface area contributed by atoms with E-state index in [1.165, 1.54) is 0 Å². The standard InChI is InChI=1S/C20H23N3O/c1-3-20(18-12-8-5-9-13-18)21-16(2)22-23-19(15-24)14-17-10-6-4-7-11-17/h3-13,24H,14-15H2,1-2H3,(H,21,22)/b20-3-,23-19+. The van der Waals surface area contributed by atoms with E-state index in [1.54, 1.807) is 0 Å². The summed E-state index contributed by atoms with van der Waals surface area (Å²) in [6, 6.07) is 19.9. The molecule has 0 saturated heterocycles. The lowest BCUT2D eigenvalue weighted by Gasteiger charge is -2.07. The first-order chi connectivity index (χ1) is 11.7. The average Bonchev–Trinajstić information content (AvgIpc) is 2.64. The minimum Gasteiger partial charge on any atom is -0.390 e. The molecule has 0 aliphatic rings. The smallest absolute Gasteiger partial charge is 0.119 e. The zero-order chi connectivity index (χ0) is 17.2. The molecule has 0 heterocycles. The van der Waals surface area contributed by atoms with E-state index >= 15 is 0 Å². The van der Waals surface area contributed by atoms with Crippen molar-refractivity contribution >= 4 is 17.2 Å². The number of aliphatic hydroxyl groups is 1. The molecule has 2 rings (SSSR count). The number of nitrogens with zero attached hydrogens (tertiary/aromatic N) is 2. The van der Waals surface area contributed by atoms with Gasteiger partial charge in [-0.2, -0.15) is 5.10 Å². The van der Waals surface area contributed by atoms with Gasteiger partial charge < -0.3 is 5.11 Å². The molecule has 0 aromatic heterocycles. The Balaban J connectivity index is 2.05. The van der Waals surface area contributed by atoms with Gasteiger partial charge in [0.2, 0.25) is 0 Å². The van der Waals surface area contributed by atoms with E-state index in [-0.39, 0.29) is 6.61 Å². The van der Waals surface area contributed by atoms with Crippen LogP contribution in [-0.4, -0.2) is 23.3 Å². The number of amidine groups is 1. The number of rotatable bonds is 6. The number of aliphatic imine (C=N–C) groups is 1. The lowest BCUT2D eigenvalue weighted by molar-refractivity contribution is 0.355. The van der Waals surface area contributed by atoms with E-state index in [0.717, 1.165) is 16.8 Å². The number of hydrazone groups is 1. The van der Waals surface area contributed by atoms with Gasteiger partial charge in [-0.05, 0) is 25.0 Å². The molecule has 0 unspecified atom stereocenters. The Morgan fingerprint density at radius 3 is 2.25 bits per heavy atom. The summed E-state index contributed by atoms with van der Waals surface area (Å²) < 4.78 is 0. The number of nitrogens with one attached hydrogen (secondary N) is 1. The highest BCUT2D eigenvalue weighted by atomic mass is 16.3. The molecule has 0 atom stereocenters. The summed E-state index contributed by atoms with van der Waals surface area (Å²) in [5.74, 6) is 0.672. The highest BCUT2D eigenvalue weighted by Crippen LogP contribution is 2.15. The van der Waals surface area contributed by atoms with Crippen molar-refractivity contribution in [2.24, 2.45) is 10.1 Å². The Kier molecular flexibility index (Phi) is 6.92. The summed E-state index contributed by atoms with van der Waals surface area (Å²) in [5, 5.41) is 13.8. The Morgan fingerprint density at radius 2 is 1.67 bits per heavy atom. The van der Waals surface area contributed by atoms with Crippen LogP contribution in [0.1, 0.15) is 25.0 Å². The van der Waals surface area contributed by atoms with E-state index in [0.29, 0.717) is 18.0 Å². The second-order valence-corrected chi connectivity index (χ2v) is 5.35. The lowest BCUT2D eigenvalue weighted by atomic mass is 10.1. The molecule has 4 heteroatoms. The minimum atomic E-state index is -0.0929. The third-order valence-corrected chi connectivity index (χ3v) is 3.44. The summed E-state index contributed by atoms with van der Waals surface area (Å²) in [5.41, 5.74) is 6.63. The fourth-order valence-corrected chi connectivity index (χ4v) is 2.23. The van der Waals surface area contributed by atoms with Gasteiger partial charge in [-0.1, -0.05) is 66.7 Å². The van der Waals surface area contributed by atoms with Crippen molar-refractivity contribution in [3.05, 3.63) is 77.9 Å². The highest BCUT2D eigenvalue weighted by molar-refractivity contribution is 5.91. The number of allylic oxidation sites excluding steroid dienone is 1. The maximum Gasteiger partial charge on any atom is 0.119 e. The monoisotopic (exact) mass is 321 g/mol. The second kappa shape index (κ2) is 9.43. The third kappa shape index (κ3) is 5.48. The van der Waals surface area contributed by atoms with E-state index in [4.69, 9.17) is 0 Å². The van der Waals surface area contributed by atoms with Crippen LogP contribution < -0.4 is 5.43 Å². The van der Waals surface area contributed by atoms with Crippen LogP contribution in [0.4, 0.5) is 0 Å². The topological polar surface area (TPSA) is 57.0 Å². The van der Waals surface area contributed by atoms with Gasteiger partial charge >= 0.3 is 0 Å². The first-order valence-electron chi connectivity index (χ1n) is 7.96. The van der Waals surface area contributed by atoms with Crippen LogP contribution in [0, 0.1) is 0 Å². The van der Waals surface area contributed by atoms with Gasteiger partial charge in [0.25, 0.3) is 0 Å². The van der Waals surface area contributed by atoms with Crippen molar-refractivity contribution in [3.63, 3.8) is 0 Å². The van der Waals surface area contributed by atoms with Gasteiger partial charge in [0.05, 0.1) is 18.0 Å². The van der Waals surface area contributed by atoms with Crippen LogP contribution in [0.5, 0.6) is 0 Å². The summed E-state index contributed by atoms with van der Waals surface area (Å²) in [4.78, 5) is 4.56. The second-order valence-electron chi connectivity index (χ2n) is 5.35. The fourth-order valence-electron chi connectivity index (χ4n) is 2.23. The van der Waals surface area contributed by atoms with Gasteiger partial charge in [0, 0.05) is 6.42 Å². The highest BCUT2D eigenvalue weighted by Gasteiger charge is 2.02. The molecule has 0 bridgehead atoms. The molecular weight excluding hydrogens is 298 g/mol. The Hall–Kier alpha value is -2.72. The van der Waals surface area contributed by atoms with Gasteiger partial charge in [-0.15, -0.1) is 0 Å². The van der Waals surface area contributed by atoms with E-state index in [9.17, 15) is 5.11 Å². The van der Waals surface area contributed by atoms with Crippen LogP contribution in [0.2, 0.25) is 0 Å². The van der Waals surface area contributed by atoms with Crippen LogP contribution in [-0.2, 0) is 6.42 Å². The normalized spacial score (nSPS) is 13.0. The van der Waals surface area contributed by atoms with Crippen LogP contribution >= 0.6 is 0 Å². The van der Waals surface area contributed by atoms with E-state index in [2.05, 4.69) is 15.5 Å². The van der Waals surface area contributed by atoms with Crippen LogP contribution in [0.3, 0.4) is 0 Å². The molecule has 2 aromatic carbocycles. The van der Waals surface area contributed by atoms with Crippen molar-refractivity contribution in [1.29, 1.82) is 0 Å². The summed E-state index contributed by atoms with van der Waals surface area (Å²) in [6.45, 7) is 3.72. The SMILES string of the molecule is C/C=C(\N=C(C)N/N=C(/CO)Cc1ccccc1)c1ccccc1. The Labute approximate surface area is 143 Å². The maximum absolute atomic E-state index is 9.48. The van der Waals surface area contributed by atoms with Gasteiger partial charge in [-0.25, -0.2) is 4.99 Å². The van der Waals surface area contributed by atoms with E-state index in [1.807, 2.05) is 80.6 Å². The molecule has 0 spiro atoms. The lowest BCUT2D eigenvalue weighted by Crippen LogP contribution is -2.19. The number of hydrogen-bond donors (Lipinski definition) is 2. The average molecular weight is 321 g/mol. The van der Waals surface area contributed by atoms with Gasteiger partial charge in [-0.3, -0.25) is 5.43 Å². The molecular formula is C20H23N3O. The number of benzene rings is 2. The van der Waals surface area contributed by atoms with E-state index < -0.39 is 0 Å². The molecule has 124 valence electrons. The maximum atomic E-state index is 9.48. The van der Waals surface area contributed by atoms with Crippen molar-refractivity contribution < 1.29 is 5.11 Å². The number of aliphatic hydroxyl groups excluding tert-OH is 1. The molecule has 2 N–H and O–H groups in total.